The molecule has 1 aliphatic heterocycles. The fourth-order valence-electron chi connectivity index (χ4n) is 4.07. The summed E-state index contributed by atoms with van der Waals surface area (Å²) in [6.45, 7) is 1.95. The highest BCUT2D eigenvalue weighted by Crippen LogP contribution is 2.34. The monoisotopic (exact) mass is 411 g/mol. The average molecular weight is 412 g/mol. The molecule has 5 rings (SSSR count). The first kappa shape index (κ1) is 18.6. The first-order valence-electron chi connectivity index (χ1n) is 10.2. The van der Waals surface area contributed by atoms with Crippen LogP contribution in [0, 0.1) is 5.92 Å². The van der Waals surface area contributed by atoms with Gasteiger partial charge in [0.05, 0.1) is 10.2 Å². The van der Waals surface area contributed by atoms with E-state index >= 15 is 0 Å². The van der Waals surface area contributed by atoms with Crippen molar-refractivity contribution in [2.75, 3.05) is 29.9 Å². The lowest BCUT2D eigenvalue weighted by molar-refractivity contribution is 0.102. The van der Waals surface area contributed by atoms with Crippen molar-refractivity contribution in [3.8, 4) is 5.88 Å². The van der Waals surface area contributed by atoms with E-state index in [1.165, 1.54) is 4.70 Å². The third kappa shape index (κ3) is 4.00. The van der Waals surface area contributed by atoms with Crippen LogP contribution in [0.2, 0.25) is 0 Å². The number of fused-ring (bicyclic) bond motifs is 1. The van der Waals surface area contributed by atoms with Crippen LogP contribution in [0.25, 0.3) is 10.2 Å². The van der Waals surface area contributed by atoms with Gasteiger partial charge < -0.3 is 20.1 Å². The highest BCUT2D eigenvalue weighted by atomic mass is 32.1. The molecule has 1 aliphatic carbocycles. The summed E-state index contributed by atoms with van der Waals surface area (Å²) in [5.74, 6) is 1.70. The molecular weight excluding hydrogens is 386 g/mol. The van der Waals surface area contributed by atoms with E-state index in [1.54, 1.807) is 23.7 Å². The fraction of sp³-hybridized carbons (Fsp3) is 0.476. The van der Waals surface area contributed by atoms with Crippen LogP contribution >= 0.6 is 11.3 Å². The third-order valence-corrected chi connectivity index (χ3v) is 6.69. The number of ether oxygens (including phenoxy) is 1. The van der Waals surface area contributed by atoms with Crippen molar-refractivity contribution in [3.63, 3.8) is 0 Å². The van der Waals surface area contributed by atoms with Crippen LogP contribution in [-0.2, 0) is 0 Å². The van der Waals surface area contributed by atoms with Gasteiger partial charge in [-0.2, -0.15) is 0 Å². The highest BCUT2D eigenvalue weighted by molar-refractivity contribution is 7.22. The van der Waals surface area contributed by atoms with Gasteiger partial charge in [0.25, 0.3) is 5.88 Å². The molecule has 0 radical (unpaired) electrons. The minimum atomic E-state index is 0.135. The van der Waals surface area contributed by atoms with Gasteiger partial charge in [-0.3, -0.25) is 0 Å². The molecule has 1 saturated heterocycles. The Labute approximate surface area is 173 Å². The molecule has 8 heteroatoms. The molecule has 1 aromatic carbocycles. The van der Waals surface area contributed by atoms with Crippen LogP contribution in [0.4, 0.5) is 10.9 Å². The van der Waals surface area contributed by atoms with Crippen molar-refractivity contribution >= 4 is 32.5 Å². The van der Waals surface area contributed by atoms with Gasteiger partial charge >= 0.3 is 0 Å². The minimum absolute atomic E-state index is 0.135. The normalized spacial score (nSPS) is 24.3. The molecule has 3 heterocycles. The van der Waals surface area contributed by atoms with E-state index in [0.29, 0.717) is 17.8 Å². The van der Waals surface area contributed by atoms with Crippen molar-refractivity contribution in [2.45, 2.75) is 37.8 Å². The first-order valence-corrected chi connectivity index (χ1v) is 11.1. The number of benzene rings is 1. The maximum atomic E-state index is 9.51. The van der Waals surface area contributed by atoms with Crippen LogP contribution < -0.4 is 15.0 Å². The summed E-state index contributed by atoms with van der Waals surface area (Å²) >= 11 is 1.69. The molecule has 29 heavy (non-hydrogen) atoms. The van der Waals surface area contributed by atoms with E-state index < -0.39 is 0 Å². The predicted molar refractivity (Wildman–Crippen MR) is 115 cm³/mol. The summed E-state index contributed by atoms with van der Waals surface area (Å²) in [6.07, 6.45) is 7.49. The molecule has 152 valence electrons. The van der Waals surface area contributed by atoms with E-state index in [0.717, 1.165) is 55.2 Å². The number of nitrogens with one attached hydrogen (secondary N) is 1. The Kier molecular flexibility index (Phi) is 5.20. The summed E-state index contributed by atoms with van der Waals surface area (Å²) in [5, 5.41) is 14.0. The van der Waals surface area contributed by atoms with Gasteiger partial charge in [-0.15, -0.1) is 0 Å². The van der Waals surface area contributed by atoms with Gasteiger partial charge in [-0.25, -0.2) is 15.0 Å². The molecule has 2 aliphatic rings. The Hall–Kier alpha value is -2.45. The summed E-state index contributed by atoms with van der Waals surface area (Å²) in [5.41, 5.74) is 1.04. The Morgan fingerprint density at radius 3 is 2.93 bits per heavy atom. The van der Waals surface area contributed by atoms with Crippen LogP contribution in [-0.4, -0.2) is 51.9 Å². The van der Waals surface area contributed by atoms with Gasteiger partial charge in [0.15, 0.2) is 10.9 Å². The zero-order chi connectivity index (χ0) is 19.6. The number of nitrogens with zero attached hydrogens (tertiary/aromatic N) is 4. The standard InChI is InChI=1S/C21H25N5O2S/c27-13-14-4-3-9-26(12-14)19-20(23-8-7-22-19)28-16-10-15(11-16)24-21-25-17-5-1-2-6-18(17)29-21/h1-2,5-8,14-16,27H,3-4,9-13H2,(H,24,25). The smallest absolute Gasteiger partial charge is 0.257 e. The lowest BCUT2D eigenvalue weighted by Gasteiger charge is -2.37. The number of piperidine rings is 1. The molecule has 3 aromatic rings. The maximum Gasteiger partial charge on any atom is 0.257 e. The first-order chi connectivity index (χ1) is 14.3. The molecule has 0 spiro atoms. The van der Waals surface area contributed by atoms with Crippen LogP contribution in [0.15, 0.2) is 36.7 Å². The van der Waals surface area contributed by atoms with Crippen molar-refractivity contribution in [1.29, 1.82) is 0 Å². The molecule has 2 fully saturated rings. The summed E-state index contributed by atoms with van der Waals surface area (Å²) < 4.78 is 7.40. The van der Waals surface area contributed by atoms with Crippen molar-refractivity contribution in [2.24, 2.45) is 5.92 Å². The summed E-state index contributed by atoms with van der Waals surface area (Å²) in [6, 6.07) is 8.57. The van der Waals surface area contributed by atoms with E-state index in [4.69, 9.17) is 4.74 Å². The molecule has 2 aromatic heterocycles. The van der Waals surface area contributed by atoms with E-state index in [-0.39, 0.29) is 12.7 Å². The molecule has 1 saturated carbocycles. The molecular formula is C21H25N5O2S. The van der Waals surface area contributed by atoms with Gasteiger partial charge in [0, 0.05) is 51.0 Å². The molecule has 7 nitrogen and oxygen atoms in total. The largest absolute Gasteiger partial charge is 0.472 e. The number of aliphatic hydroxyl groups excluding tert-OH is 1. The second-order valence-corrected chi connectivity index (χ2v) is 8.89. The van der Waals surface area contributed by atoms with Gasteiger partial charge in [-0.1, -0.05) is 23.5 Å². The quantitative estimate of drug-likeness (QED) is 0.644. The van der Waals surface area contributed by atoms with Gasteiger partial charge in [0.2, 0.25) is 0 Å². The molecule has 1 unspecified atom stereocenters. The maximum absolute atomic E-state index is 9.51. The number of rotatable bonds is 6. The number of thiazole rings is 1. The topological polar surface area (TPSA) is 83.4 Å². The number of aromatic nitrogens is 3. The number of anilines is 2. The molecule has 0 bridgehead atoms. The Morgan fingerprint density at radius 2 is 2.07 bits per heavy atom. The van der Waals surface area contributed by atoms with Crippen molar-refractivity contribution < 1.29 is 9.84 Å². The average Bonchev–Trinajstić information content (AvgIpc) is 3.15. The second-order valence-electron chi connectivity index (χ2n) is 7.86. The summed E-state index contributed by atoms with van der Waals surface area (Å²) in [7, 11) is 0. The minimum Gasteiger partial charge on any atom is -0.472 e. The lowest BCUT2D eigenvalue weighted by atomic mass is 9.89. The number of para-hydroxylation sites is 1. The van der Waals surface area contributed by atoms with Crippen LogP contribution in [0.3, 0.4) is 0 Å². The zero-order valence-corrected chi connectivity index (χ0v) is 17.0. The van der Waals surface area contributed by atoms with Crippen molar-refractivity contribution in [3.05, 3.63) is 36.7 Å². The number of hydrogen-bond donors (Lipinski definition) is 2. The molecule has 1 atom stereocenters. The number of hydrogen-bond acceptors (Lipinski definition) is 8. The fourth-order valence-corrected chi connectivity index (χ4v) is 5.01. The van der Waals surface area contributed by atoms with Crippen LogP contribution in [0.1, 0.15) is 25.7 Å². The third-order valence-electron chi connectivity index (χ3n) is 5.72. The lowest BCUT2D eigenvalue weighted by Crippen LogP contribution is -2.43. The van der Waals surface area contributed by atoms with E-state index in [1.807, 2.05) is 18.2 Å². The number of aliphatic hydroxyl groups is 1. The zero-order valence-electron chi connectivity index (χ0n) is 16.2. The van der Waals surface area contributed by atoms with Crippen LogP contribution in [0.5, 0.6) is 5.88 Å². The highest BCUT2D eigenvalue weighted by Gasteiger charge is 2.33. The van der Waals surface area contributed by atoms with Gasteiger partial charge in [0.1, 0.15) is 6.10 Å². The molecule has 2 N–H and O–H groups in total. The van der Waals surface area contributed by atoms with Gasteiger partial charge in [-0.05, 0) is 30.9 Å². The van der Waals surface area contributed by atoms with E-state index in [9.17, 15) is 5.11 Å². The summed E-state index contributed by atoms with van der Waals surface area (Å²) in [4.78, 5) is 15.8. The molecule has 0 amide bonds. The predicted octanol–water partition coefficient (Wildman–Crippen LogP) is 3.32. The van der Waals surface area contributed by atoms with Crippen molar-refractivity contribution in [1.82, 2.24) is 15.0 Å². The van der Waals surface area contributed by atoms with E-state index in [2.05, 4.69) is 31.2 Å². The Morgan fingerprint density at radius 1 is 1.21 bits per heavy atom. The Balaban J connectivity index is 1.19. The Bertz CT molecular complexity index is 941. The SMILES string of the molecule is OCC1CCCN(c2nccnc2OC2CC(Nc3nc4ccccc4s3)C2)C1. The second kappa shape index (κ2) is 8.12.